The van der Waals surface area contributed by atoms with Gasteiger partial charge in [-0.25, -0.2) is 15.0 Å². The van der Waals surface area contributed by atoms with Gasteiger partial charge in [-0.2, -0.15) is 5.10 Å². The van der Waals surface area contributed by atoms with Crippen LogP contribution in [0.4, 0.5) is 5.95 Å². The standard InChI is InChI=1S/C14H16N6O2S/c1-7-3-9-12(10(21)4-7)8(2)17-13(18-9)19-11(22)5-23-14-15-6-16-20-14/h6-7H,3-5H2,1-2H3,(H,15,16,20)(H,17,18,19,22)/t7-/m1/s1. The Morgan fingerprint density at radius 3 is 3.00 bits per heavy atom. The second kappa shape index (κ2) is 6.45. The van der Waals surface area contributed by atoms with Gasteiger partial charge in [-0.3, -0.25) is 20.0 Å². The van der Waals surface area contributed by atoms with E-state index in [-0.39, 0.29) is 29.3 Å². The summed E-state index contributed by atoms with van der Waals surface area (Å²) in [6.07, 6.45) is 2.63. The number of hydrogen-bond acceptors (Lipinski definition) is 7. The lowest BCUT2D eigenvalue weighted by atomic mass is 9.86. The summed E-state index contributed by atoms with van der Waals surface area (Å²) >= 11 is 1.24. The molecule has 0 aromatic carbocycles. The molecule has 0 radical (unpaired) electrons. The van der Waals surface area contributed by atoms with Crippen molar-refractivity contribution in [3.8, 4) is 0 Å². The molecule has 0 unspecified atom stereocenters. The van der Waals surface area contributed by atoms with E-state index >= 15 is 0 Å². The van der Waals surface area contributed by atoms with E-state index in [1.165, 1.54) is 18.1 Å². The molecule has 23 heavy (non-hydrogen) atoms. The summed E-state index contributed by atoms with van der Waals surface area (Å²) in [6, 6.07) is 0. The number of rotatable bonds is 4. The Balaban J connectivity index is 1.71. The van der Waals surface area contributed by atoms with Gasteiger partial charge < -0.3 is 0 Å². The quantitative estimate of drug-likeness (QED) is 0.813. The number of aromatic amines is 1. The Labute approximate surface area is 136 Å². The van der Waals surface area contributed by atoms with Crippen molar-refractivity contribution < 1.29 is 9.59 Å². The molecular weight excluding hydrogens is 316 g/mol. The second-order valence-corrected chi connectivity index (χ2v) is 6.48. The normalized spacial score (nSPS) is 17.0. The van der Waals surface area contributed by atoms with Gasteiger partial charge in [0.15, 0.2) is 10.9 Å². The maximum atomic E-state index is 12.1. The zero-order valence-electron chi connectivity index (χ0n) is 12.8. The van der Waals surface area contributed by atoms with Crippen LogP contribution in [-0.2, 0) is 11.2 Å². The third kappa shape index (κ3) is 3.55. The first kappa shape index (κ1) is 15.6. The van der Waals surface area contributed by atoms with Crippen molar-refractivity contribution in [3.63, 3.8) is 0 Å². The van der Waals surface area contributed by atoms with Crippen molar-refractivity contribution in [2.24, 2.45) is 5.92 Å². The molecule has 0 spiro atoms. The number of thioether (sulfide) groups is 1. The Hall–Kier alpha value is -2.29. The number of nitrogens with one attached hydrogen (secondary N) is 2. The SMILES string of the molecule is Cc1nc(NC(=O)CSc2ncn[nH]2)nc2c1C(=O)C[C@H](C)C2. The number of hydrogen-bond donors (Lipinski definition) is 2. The average Bonchev–Trinajstić information content (AvgIpc) is 2.97. The molecule has 1 aliphatic carbocycles. The Morgan fingerprint density at radius 2 is 2.26 bits per heavy atom. The van der Waals surface area contributed by atoms with E-state index in [2.05, 4.69) is 30.5 Å². The van der Waals surface area contributed by atoms with Crippen molar-refractivity contribution in [2.45, 2.75) is 31.8 Å². The van der Waals surface area contributed by atoms with Crippen molar-refractivity contribution >= 4 is 29.4 Å². The molecular formula is C14H16N6O2S. The van der Waals surface area contributed by atoms with E-state index in [1.54, 1.807) is 6.92 Å². The van der Waals surface area contributed by atoms with E-state index in [4.69, 9.17) is 0 Å². The molecule has 2 aromatic rings. The van der Waals surface area contributed by atoms with Crippen molar-refractivity contribution in [1.82, 2.24) is 25.1 Å². The van der Waals surface area contributed by atoms with Crippen LogP contribution in [0.25, 0.3) is 0 Å². The molecule has 0 aliphatic heterocycles. The highest BCUT2D eigenvalue weighted by molar-refractivity contribution is 7.99. The molecule has 8 nitrogen and oxygen atoms in total. The van der Waals surface area contributed by atoms with Gasteiger partial charge in [0, 0.05) is 6.42 Å². The van der Waals surface area contributed by atoms with E-state index in [0.717, 1.165) is 12.1 Å². The fraction of sp³-hybridized carbons (Fsp3) is 0.429. The van der Waals surface area contributed by atoms with Crippen molar-refractivity contribution in [1.29, 1.82) is 0 Å². The number of carbonyl (C=O) groups is 2. The van der Waals surface area contributed by atoms with Crippen LogP contribution in [0.5, 0.6) is 0 Å². The van der Waals surface area contributed by atoms with Crippen molar-refractivity contribution in [3.05, 3.63) is 23.3 Å². The fourth-order valence-corrected chi connectivity index (χ4v) is 3.16. The van der Waals surface area contributed by atoms with Gasteiger partial charge in [-0.15, -0.1) is 0 Å². The highest BCUT2D eigenvalue weighted by Crippen LogP contribution is 2.26. The maximum absolute atomic E-state index is 12.1. The highest BCUT2D eigenvalue weighted by Gasteiger charge is 2.26. The zero-order chi connectivity index (χ0) is 16.4. The third-order valence-corrected chi connectivity index (χ3v) is 4.38. The van der Waals surface area contributed by atoms with Crippen molar-refractivity contribution in [2.75, 3.05) is 11.1 Å². The Kier molecular flexibility index (Phi) is 4.37. The molecule has 0 saturated heterocycles. The smallest absolute Gasteiger partial charge is 0.237 e. The van der Waals surface area contributed by atoms with Gasteiger partial charge in [0.2, 0.25) is 11.9 Å². The highest BCUT2D eigenvalue weighted by atomic mass is 32.2. The van der Waals surface area contributed by atoms with Gasteiger partial charge >= 0.3 is 0 Å². The summed E-state index contributed by atoms with van der Waals surface area (Å²) in [5, 5.41) is 9.62. The number of Topliss-reactive ketones (excluding diaryl/α,β-unsaturated/α-hetero) is 1. The van der Waals surface area contributed by atoms with Gasteiger partial charge in [-0.05, 0) is 19.3 Å². The number of H-pyrrole nitrogens is 1. The van der Waals surface area contributed by atoms with Gasteiger partial charge in [-0.1, -0.05) is 18.7 Å². The number of anilines is 1. The summed E-state index contributed by atoms with van der Waals surface area (Å²) in [4.78, 5) is 36.6. The number of aryl methyl sites for hydroxylation is 1. The molecule has 0 saturated carbocycles. The van der Waals surface area contributed by atoms with Crippen LogP contribution in [0.15, 0.2) is 11.5 Å². The van der Waals surface area contributed by atoms with Crippen LogP contribution in [0.1, 0.15) is 35.1 Å². The van der Waals surface area contributed by atoms with E-state index in [1.807, 2.05) is 6.92 Å². The lowest BCUT2D eigenvalue weighted by molar-refractivity contribution is -0.113. The number of nitrogens with zero attached hydrogens (tertiary/aromatic N) is 4. The third-order valence-electron chi connectivity index (χ3n) is 3.50. The van der Waals surface area contributed by atoms with Crippen LogP contribution >= 0.6 is 11.8 Å². The zero-order valence-corrected chi connectivity index (χ0v) is 13.6. The van der Waals surface area contributed by atoms with Gasteiger partial charge in [0.1, 0.15) is 6.33 Å². The predicted octanol–water partition coefficient (Wildman–Crippen LogP) is 1.40. The van der Waals surface area contributed by atoms with Crippen LogP contribution < -0.4 is 5.32 Å². The molecule has 2 N–H and O–H groups in total. The lowest BCUT2D eigenvalue weighted by Crippen LogP contribution is -2.24. The molecule has 1 aliphatic rings. The predicted molar refractivity (Wildman–Crippen MR) is 84.3 cm³/mol. The van der Waals surface area contributed by atoms with E-state index < -0.39 is 0 Å². The minimum atomic E-state index is -0.235. The summed E-state index contributed by atoms with van der Waals surface area (Å²) in [5.41, 5.74) is 1.95. The molecule has 1 atom stereocenters. The van der Waals surface area contributed by atoms with Crippen LogP contribution in [-0.4, -0.2) is 42.6 Å². The van der Waals surface area contributed by atoms with Gasteiger partial charge in [0.25, 0.3) is 0 Å². The Bertz CT molecular complexity index is 746. The van der Waals surface area contributed by atoms with Gasteiger partial charge in [0.05, 0.1) is 22.7 Å². The number of carbonyl (C=O) groups excluding carboxylic acids is 2. The molecule has 9 heteroatoms. The minimum Gasteiger partial charge on any atom is -0.294 e. The topological polar surface area (TPSA) is 114 Å². The first-order valence-electron chi connectivity index (χ1n) is 7.21. The molecule has 0 fully saturated rings. The number of aromatic nitrogens is 5. The van der Waals surface area contributed by atoms with Crippen LogP contribution in [0.3, 0.4) is 0 Å². The molecule has 1 amide bonds. The minimum absolute atomic E-state index is 0.0787. The molecule has 120 valence electrons. The monoisotopic (exact) mass is 332 g/mol. The van der Waals surface area contributed by atoms with E-state index in [0.29, 0.717) is 22.8 Å². The molecule has 2 heterocycles. The molecule has 3 rings (SSSR count). The summed E-state index contributed by atoms with van der Waals surface area (Å²) < 4.78 is 0. The number of fused-ring (bicyclic) bond motifs is 1. The number of amides is 1. The largest absolute Gasteiger partial charge is 0.294 e. The summed E-state index contributed by atoms with van der Waals surface area (Å²) in [6.45, 7) is 3.79. The first-order valence-corrected chi connectivity index (χ1v) is 8.20. The van der Waals surface area contributed by atoms with E-state index in [9.17, 15) is 9.59 Å². The summed E-state index contributed by atoms with van der Waals surface area (Å²) in [5.74, 6) is 0.515. The number of ketones is 1. The molecule has 0 bridgehead atoms. The average molecular weight is 332 g/mol. The maximum Gasteiger partial charge on any atom is 0.237 e. The van der Waals surface area contributed by atoms with Crippen LogP contribution in [0, 0.1) is 12.8 Å². The molecule has 2 aromatic heterocycles. The first-order chi connectivity index (χ1) is 11.0. The second-order valence-electron chi connectivity index (χ2n) is 5.52. The summed E-state index contributed by atoms with van der Waals surface area (Å²) in [7, 11) is 0. The fourth-order valence-electron chi connectivity index (χ4n) is 2.58. The lowest BCUT2D eigenvalue weighted by Gasteiger charge is -2.21. The van der Waals surface area contributed by atoms with Crippen LogP contribution in [0.2, 0.25) is 0 Å². The Morgan fingerprint density at radius 1 is 1.43 bits per heavy atom.